The Kier molecular flexibility index (Phi) is 38.3. The van der Waals surface area contributed by atoms with Crippen LogP contribution in [0.3, 0.4) is 0 Å². The van der Waals surface area contributed by atoms with Crippen molar-refractivity contribution in [2.24, 2.45) is 5.92 Å². The van der Waals surface area contributed by atoms with Gasteiger partial charge in [0.15, 0.2) is 6.29 Å². The Morgan fingerprint density at radius 1 is 0.455 bits per heavy atom. The second-order valence-corrected chi connectivity index (χ2v) is 14.9. The Morgan fingerprint density at radius 3 is 1.33 bits per heavy atom. The van der Waals surface area contributed by atoms with Gasteiger partial charge in [0.25, 0.3) is 0 Å². The summed E-state index contributed by atoms with van der Waals surface area (Å²) in [4.78, 5) is 51.9. The highest BCUT2D eigenvalue weighted by molar-refractivity contribution is 5.70. The van der Waals surface area contributed by atoms with Crippen LogP contribution in [0.15, 0.2) is 0 Å². The highest BCUT2D eigenvalue weighted by Crippen LogP contribution is 2.13. The van der Waals surface area contributed by atoms with Crippen LogP contribution >= 0.6 is 0 Å². The van der Waals surface area contributed by atoms with Gasteiger partial charge >= 0.3 is 23.9 Å². The van der Waals surface area contributed by atoms with Crippen LogP contribution < -0.4 is 0 Å². The third kappa shape index (κ3) is 35.9. The summed E-state index contributed by atoms with van der Waals surface area (Å²) in [6.45, 7) is 12.3. The molecule has 0 aliphatic carbocycles. The number of carbonyl (C=O) groups is 4. The Hall–Kier alpha value is -2.24. The molecule has 0 heterocycles. The van der Waals surface area contributed by atoms with Gasteiger partial charge in [-0.15, -0.1) is 0 Å². The van der Waals surface area contributed by atoms with Crippen molar-refractivity contribution < 1.29 is 47.6 Å². The summed E-state index contributed by atoms with van der Waals surface area (Å²) in [7, 11) is 1.57. The maximum absolute atomic E-state index is 12.6. The number of nitrogens with zero attached hydrogens (tertiary/aromatic N) is 1. The minimum atomic E-state index is -0.483. The summed E-state index contributed by atoms with van der Waals surface area (Å²) in [5.41, 5.74) is 0. The van der Waals surface area contributed by atoms with Gasteiger partial charge in [0.1, 0.15) is 19.8 Å². The fourth-order valence-electron chi connectivity index (χ4n) is 6.15. The number of esters is 4. The van der Waals surface area contributed by atoms with Gasteiger partial charge in [-0.05, 0) is 51.7 Å². The maximum Gasteiger partial charge on any atom is 0.305 e. The molecule has 0 bridgehead atoms. The molecular weight excluding hydrogens is 702 g/mol. The predicted octanol–water partition coefficient (Wildman–Crippen LogP) is 9.90. The van der Waals surface area contributed by atoms with Crippen LogP contribution in [0.4, 0.5) is 0 Å². The largest absolute Gasteiger partial charge is 0.466 e. The molecule has 0 saturated heterocycles. The summed E-state index contributed by atoms with van der Waals surface area (Å²) in [6, 6.07) is 0. The summed E-state index contributed by atoms with van der Waals surface area (Å²) < 4.78 is 33.1. The molecule has 0 aromatic carbocycles. The molecule has 0 fully saturated rings. The average Bonchev–Trinajstić information content (AvgIpc) is 3.18. The second kappa shape index (κ2) is 40.0. The van der Waals surface area contributed by atoms with Gasteiger partial charge in [-0.1, -0.05) is 124 Å². The molecule has 0 aliphatic rings. The zero-order chi connectivity index (χ0) is 40.6. The third-order valence-electron chi connectivity index (χ3n) is 9.86. The van der Waals surface area contributed by atoms with Crippen molar-refractivity contribution in [3.8, 4) is 0 Å². The lowest BCUT2D eigenvalue weighted by molar-refractivity contribution is -0.157. The van der Waals surface area contributed by atoms with Crippen molar-refractivity contribution in [1.29, 1.82) is 0 Å². The average molecular weight is 786 g/mol. The monoisotopic (exact) mass is 786 g/mol. The minimum absolute atomic E-state index is 0.00567. The Labute approximate surface area is 336 Å². The highest BCUT2D eigenvalue weighted by atomic mass is 16.7. The molecule has 0 radical (unpaired) electrons. The van der Waals surface area contributed by atoms with Crippen molar-refractivity contribution in [2.75, 3.05) is 59.8 Å². The molecule has 0 aliphatic heterocycles. The summed E-state index contributed by atoms with van der Waals surface area (Å²) >= 11 is 0. The van der Waals surface area contributed by atoms with Crippen LogP contribution in [-0.4, -0.2) is 94.8 Å². The zero-order valence-corrected chi connectivity index (χ0v) is 36.0. The van der Waals surface area contributed by atoms with E-state index in [1.807, 2.05) is 0 Å². The Balaban J connectivity index is 4.44. The highest BCUT2D eigenvalue weighted by Gasteiger charge is 2.19. The second-order valence-electron chi connectivity index (χ2n) is 14.9. The molecule has 0 N–H and O–H groups in total. The molecule has 0 aromatic rings. The van der Waals surface area contributed by atoms with E-state index in [-0.39, 0.29) is 50.6 Å². The SMILES string of the molecule is CCCCCCCCCCOC(=O)CCCCCCCC(=O)OCC(COC(=O)CCCN(CC)CC)COC(=O)CC[C@H](OC)OCCCCCCCC. The van der Waals surface area contributed by atoms with Crippen LogP contribution in [-0.2, 0) is 47.6 Å². The van der Waals surface area contributed by atoms with Crippen LogP contribution in [0.2, 0.25) is 0 Å². The van der Waals surface area contributed by atoms with Gasteiger partial charge in [0.2, 0.25) is 0 Å². The smallest absolute Gasteiger partial charge is 0.305 e. The van der Waals surface area contributed by atoms with Crippen molar-refractivity contribution >= 4 is 23.9 Å². The molecule has 0 saturated carbocycles. The quantitative estimate of drug-likeness (QED) is 0.0254. The van der Waals surface area contributed by atoms with Crippen LogP contribution in [0.25, 0.3) is 0 Å². The lowest BCUT2D eigenvalue weighted by Gasteiger charge is -2.19. The summed E-state index contributed by atoms with van der Waals surface area (Å²) in [6.07, 6.45) is 22.6. The fraction of sp³-hybridized carbons (Fsp3) is 0.909. The number of carbonyl (C=O) groups excluding carboxylic acids is 4. The molecule has 0 spiro atoms. The van der Waals surface area contributed by atoms with E-state index in [0.717, 1.165) is 71.0 Å². The molecule has 324 valence electrons. The van der Waals surface area contributed by atoms with Crippen molar-refractivity contribution in [3.05, 3.63) is 0 Å². The number of hydrogen-bond acceptors (Lipinski definition) is 11. The van der Waals surface area contributed by atoms with Gasteiger partial charge in [-0.2, -0.15) is 0 Å². The van der Waals surface area contributed by atoms with E-state index in [1.54, 1.807) is 7.11 Å². The fourth-order valence-corrected chi connectivity index (χ4v) is 6.15. The van der Waals surface area contributed by atoms with Crippen LogP contribution in [0.5, 0.6) is 0 Å². The molecule has 2 atom stereocenters. The number of ether oxygens (including phenoxy) is 6. The first-order valence-corrected chi connectivity index (χ1v) is 22.3. The van der Waals surface area contributed by atoms with E-state index in [0.29, 0.717) is 45.3 Å². The van der Waals surface area contributed by atoms with Gasteiger partial charge < -0.3 is 33.3 Å². The topological polar surface area (TPSA) is 127 Å². The lowest BCUT2D eigenvalue weighted by atomic mass is 10.1. The molecular formula is C44H83NO10. The van der Waals surface area contributed by atoms with Gasteiger partial charge in [0, 0.05) is 39.4 Å². The summed E-state index contributed by atoms with van der Waals surface area (Å²) in [5.74, 6) is -1.67. The maximum atomic E-state index is 12.6. The Bertz CT molecular complexity index is 913. The molecule has 11 heteroatoms. The lowest BCUT2D eigenvalue weighted by Crippen LogP contribution is -2.27. The molecule has 11 nitrogen and oxygen atoms in total. The number of rotatable bonds is 41. The number of hydrogen-bond donors (Lipinski definition) is 0. The third-order valence-corrected chi connectivity index (χ3v) is 9.86. The van der Waals surface area contributed by atoms with Crippen molar-refractivity contribution in [1.82, 2.24) is 4.90 Å². The number of methoxy groups -OCH3 is 1. The van der Waals surface area contributed by atoms with E-state index in [1.165, 1.54) is 64.2 Å². The normalized spacial score (nSPS) is 12.4. The van der Waals surface area contributed by atoms with E-state index in [9.17, 15) is 19.2 Å². The van der Waals surface area contributed by atoms with Gasteiger partial charge in [-0.25, -0.2) is 0 Å². The number of unbranched alkanes of at least 4 members (excludes halogenated alkanes) is 16. The van der Waals surface area contributed by atoms with Gasteiger partial charge in [0.05, 0.1) is 18.9 Å². The first kappa shape index (κ1) is 52.8. The van der Waals surface area contributed by atoms with Crippen LogP contribution in [0, 0.1) is 5.92 Å². The minimum Gasteiger partial charge on any atom is -0.466 e. The molecule has 1 unspecified atom stereocenters. The van der Waals surface area contributed by atoms with E-state index in [2.05, 4.69) is 32.6 Å². The van der Waals surface area contributed by atoms with Gasteiger partial charge in [-0.3, -0.25) is 19.2 Å². The van der Waals surface area contributed by atoms with E-state index in [4.69, 9.17) is 28.4 Å². The molecule has 0 rings (SSSR count). The predicted molar refractivity (Wildman–Crippen MR) is 219 cm³/mol. The Morgan fingerprint density at radius 2 is 0.855 bits per heavy atom. The zero-order valence-electron chi connectivity index (χ0n) is 36.0. The van der Waals surface area contributed by atoms with E-state index >= 15 is 0 Å². The molecule has 55 heavy (non-hydrogen) atoms. The first-order chi connectivity index (χ1) is 26.8. The van der Waals surface area contributed by atoms with E-state index < -0.39 is 18.2 Å². The molecule has 0 amide bonds. The first-order valence-electron chi connectivity index (χ1n) is 22.3. The van der Waals surface area contributed by atoms with Crippen molar-refractivity contribution in [3.63, 3.8) is 0 Å². The van der Waals surface area contributed by atoms with Crippen LogP contribution in [0.1, 0.15) is 188 Å². The molecule has 0 aromatic heterocycles. The summed E-state index contributed by atoms with van der Waals surface area (Å²) in [5, 5.41) is 0. The van der Waals surface area contributed by atoms with Crippen molar-refractivity contribution in [2.45, 2.75) is 195 Å². The standard InChI is InChI=1S/C44H83NO10/c1-6-10-12-14-16-17-22-25-34-51-40(46)28-23-19-18-20-24-29-41(47)53-36-39(37-54-42(48)30-27-33-45(8-3)9-4)38-55-43(49)31-32-44(50-5)52-35-26-21-15-13-11-7-2/h39,44H,6-38H2,1-5H3/t39?,44-/m1/s1.